The van der Waals surface area contributed by atoms with Gasteiger partial charge < -0.3 is 0 Å². The highest BCUT2D eigenvalue weighted by atomic mass is 16.2. The van der Waals surface area contributed by atoms with Gasteiger partial charge in [-0.05, 0) is 18.1 Å². The number of hydrogen-bond donors (Lipinski definition) is 1. The minimum Gasteiger partial charge on any atom is -0.300 e. The number of nitrogens with zero attached hydrogens (tertiary/aromatic N) is 2. The molecule has 1 saturated heterocycles. The third-order valence-electron chi connectivity index (χ3n) is 2.50. The van der Waals surface area contributed by atoms with Gasteiger partial charge in [-0.2, -0.15) is 0 Å². The van der Waals surface area contributed by atoms with E-state index in [1.165, 1.54) is 4.90 Å². The third kappa shape index (κ3) is 2.43. The number of imide groups is 1. The fourth-order valence-corrected chi connectivity index (χ4v) is 1.64. The van der Waals surface area contributed by atoms with Crippen LogP contribution in [0.4, 0.5) is 0 Å². The Hall–Kier alpha value is -1.75. The molecule has 84 valence electrons. The summed E-state index contributed by atoms with van der Waals surface area (Å²) in [6.45, 7) is 0.933. The minimum atomic E-state index is -0.153. The summed E-state index contributed by atoms with van der Waals surface area (Å²) in [5.41, 5.74) is 1.03. The molecule has 5 heteroatoms. The number of nitrogens with one attached hydrogen (secondary N) is 1. The van der Waals surface area contributed by atoms with E-state index in [1.807, 2.05) is 12.1 Å². The Balaban J connectivity index is 1.94. The summed E-state index contributed by atoms with van der Waals surface area (Å²) < 4.78 is 0. The summed E-state index contributed by atoms with van der Waals surface area (Å²) in [5.74, 6) is -0.305. The molecule has 1 fully saturated rings. The normalized spacial score (nSPS) is 16.6. The Labute approximate surface area is 93.5 Å². The summed E-state index contributed by atoms with van der Waals surface area (Å²) in [6, 6.07) is 3.78. The van der Waals surface area contributed by atoms with Crippen LogP contribution in [0.3, 0.4) is 0 Å². The molecule has 1 aromatic heterocycles. The molecule has 2 heterocycles. The van der Waals surface area contributed by atoms with Gasteiger partial charge >= 0.3 is 0 Å². The summed E-state index contributed by atoms with van der Waals surface area (Å²) in [7, 11) is 0. The predicted octanol–water partition coefficient (Wildman–Crippen LogP) is -0.417. The van der Waals surface area contributed by atoms with Crippen LogP contribution in [-0.2, 0) is 16.0 Å². The molecule has 1 aliphatic heterocycles. The Kier molecular flexibility index (Phi) is 3.26. The van der Waals surface area contributed by atoms with Crippen molar-refractivity contribution >= 4 is 11.8 Å². The van der Waals surface area contributed by atoms with Gasteiger partial charge in [-0.15, -0.1) is 0 Å². The molecule has 0 bridgehead atoms. The van der Waals surface area contributed by atoms with Crippen molar-refractivity contribution in [3.63, 3.8) is 0 Å². The molecule has 0 unspecified atom stereocenters. The molecule has 1 aromatic rings. The van der Waals surface area contributed by atoms with Crippen molar-refractivity contribution in [2.24, 2.45) is 0 Å². The largest absolute Gasteiger partial charge is 0.300 e. The van der Waals surface area contributed by atoms with Crippen LogP contribution < -0.4 is 5.32 Å². The van der Waals surface area contributed by atoms with Gasteiger partial charge in [0.25, 0.3) is 0 Å². The zero-order valence-corrected chi connectivity index (χ0v) is 8.85. The average Bonchev–Trinajstić information content (AvgIpc) is 2.30. The van der Waals surface area contributed by atoms with Gasteiger partial charge in [0.05, 0.1) is 13.1 Å². The second-order valence-corrected chi connectivity index (χ2v) is 3.65. The lowest BCUT2D eigenvalue weighted by Crippen LogP contribution is -2.52. The van der Waals surface area contributed by atoms with Crippen molar-refractivity contribution in [1.82, 2.24) is 15.2 Å². The van der Waals surface area contributed by atoms with Gasteiger partial charge in [-0.25, -0.2) is 0 Å². The van der Waals surface area contributed by atoms with Gasteiger partial charge in [-0.3, -0.25) is 24.8 Å². The van der Waals surface area contributed by atoms with Gasteiger partial charge in [0, 0.05) is 18.9 Å². The number of pyridine rings is 1. The minimum absolute atomic E-state index is 0.153. The van der Waals surface area contributed by atoms with Crippen LogP contribution in [0, 0.1) is 0 Å². The fraction of sp³-hybridized carbons (Fsp3) is 0.364. The molecule has 16 heavy (non-hydrogen) atoms. The lowest BCUT2D eigenvalue weighted by atomic mass is 10.2. The number of carbonyl (C=O) groups excluding carboxylic acids is 2. The van der Waals surface area contributed by atoms with Crippen molar-refractivity contribution in [3.05, 3.63) is 30.1 Å². The maximum Gasteiger partial charge on any atom is 0.243 e. The van der Waals surface area contributed by atoms with Crippen LogP contribution >= 0.6 is 0 Å². The van der Waals surface area contributed by atoms with E-state index < -0.39 is 0 Å². The van der Waals surface area contributed by atoms with Crippen molar-refractivity contribution in [1.29, 1.82) is 0 Å². The summed E-state index contributed by atoms with van der Waals surface area (Å²) in [4.78, 5) is 28.2. The first kappa shape index (κ1) is 10.8. The van der Waals surface area contributed by atoms with Crippen molar-refractivity contribution in [2.75, 3.05) is 19.6 Å². The van der Waals surface area contributed by atoms with E-state index in [9.17, 15) is 9.59 Å². The maximum atomic E-state index is 11.5. The van der Waals surface area contributed by atoms with Crippen LogP contribution in [0.15, 0.2) is 24.5 Å². The highest BCUT2D eigenvalue weighted by molar-refractivity contribution is 5.99. The van der Waals surface area contributed by atoms with Gasteiger partial charge in [0.15, 0.2) is 0 Å². The van der Waals surface area contributed by atoms with E-state index in [-0.39, 0.29) is 24.9 Å². The van der Waals surface area contributed by atoms with Crippen molar-refractivity contribution in [3.8, 4) is 0 Å². The van der Waals surface area contributed by atoms with Gasteiger partial charge in [0.2, 0.25) is 11.8 Å². The Morgan fingerprint density at radius 3 is 2.69 bits per heavy atom. The van der Waals surface area contributed by atoms with Crippen LogP contribution in [0.1, 0.15) is 5.56 Å². The van der Waals surface area contributed by atoms with Gasteiger partial charge in [-0.1, -0.05) is 6.07 Å². The molecule has 2 amide bonds. The lowest BCUT2D eigenvalue weighted by molar-refractivity contribution is -0.146. The van der Waals surface area contributed by atoms with E-state index >= 15 is 0 Å². The number of rotatable bonds is 3. The monoisotopic (exact) mass is 219 g/mol. The van der Waals surface area contributed by atoms with E-state index in [0.717, 1.165) is 5.56 Å². The summed E-state index contributed by atoms with van der Waals surface area (Å²) in [5, 5.41) is 2.76. The Morgan fingerprint density at radius 1 is 1.31 bits per heavy atom. The second-order valence-electron chi connectivity index (χ2n) is 3.65. The SMILES string of the molecule is O=C1CNCC(=O)N1CCc1cccnc1. The standard InChI is InChI=1S/C11H13N3O2/c15-10-7-13-8-11(16)14(10)5-3-9-2-1-4-12-6-9/h1-2,4,6,13H,3,5,7-8H2. The molecule has 0 spiro atoms. The second kappa shape index (κ2) is 4.85. The molecule has 0 atom stereocenters. The summed E-state index contributed by atoms with van der Waals surface area (Å²) >= 11 is 0. The molecule has 5 nitrogen and oxygen atoms in total. The molecule has 0 radical (unpaired) electrons. The van der Waals surface area contributed by atoms with Crippen molar-refractivity contribution < 1.29 is 9.59 Å². The zero-order valence-electron chi connectivity index (χ0n) is 8.85. The molecular weight excluding hydrogens is 206 g/mol. The molecule has 1 N–H and O–H groups in total. The number of hydrogen-bond acceptors (Lipinski definition) is 4. The number of aromatic nitrogens is 1. The topological polar surface area (TPSA) is 62.3 Å². The highest BCUT2D eigenvalue weighted by Crippen LogP contribution is 2.02. The first-order valence-electron chi connectivity index (χ1n) is 5.20. The Morgan fingerprint density at radius 2 is 2.06 bits per heavy atom. The molecular formula is C11H13N3O2. The predicted molar refractivity (Wildman–Crippen MR) is 57.5 cm³/mol. The molecule has 0 aliphatic carbocycles. The molecule has 0 saturated carbocycles. The van der Waals surface area contributed by atoms with E-state index in [4.69, 9.17) is 0 Å². The summed E-state index contributed by atoms with van der Waals surface area (Å²) in [6.07, 6.45) is 4.10. The third-order valence-corrected chi connectivity index (χ3v) is 2.50. The van der Waals surface area contributed by atoms with Gasteiger partial charge in [0.1, 0.15) is 0 Å². The number of amides is 2. The van der Waals surface area contributed by atoms with Crippen LogP contribution in [0.25, 0.3) is 0 Å². The highest BCUT2D eigenvalue weighted by Gasteiger charge is 2.24. The molecule has 2 rings (SSSR count). The maximum absolute atomic E-state index is 11.5. The van der Waals surface area contributed by atoms with Crippen molar-refractivity contribution in [2.45, 2.75) is 6.42 Å². The zero-order chi connectivity index (χ0) is 11.4. The quantitative estimate of drug-likeness (QED) is 0.701. The van der Waals surface area contributed by atoms with E-state index in [0.29, 0.717) is 13.0 Å². The first-order valence-corrected chi connectivity index (χ1v) is 5.20. The molecule has 0 aromatic carbocycles. The fourth-order valence-electron chi connectivity index (χ4n) is 1.64. The Bertz CT molecular complexity index is 375. The van der Waals surface area contributed by atoms with Crippen LogP contribution in [0.5, 0.6) is 0 Å². The lowest BCUT2D eigenvalue weighted by Gasteiger charge is -2.25. The number of carbonyl (C=O) groups is 2. The van der Waals surface area contributed by atoms with Crippen LogP contribution in [-0.4, -0.2) is 41.3 Å². The average molecular weight is 219 g/mol. The smallest absolute Gasteiger partial charge is 0.243 e. The van der Waals surface area contributed by atoms with Crippen LogP contribution in [0.2, 0.25) is 0 Å². The van der Waals surface area contributed by atoms with E-state index in [2.05, 4.69) is 10.3 Å². The van der Waals surface area contributed by atoms with E-state index in [1.54, 1.807) is 12.4 Å². The first-order chi connectivity index (χ1) is 7.77. The molecule has 1 aliphatic rings. The number of piperazine rings is 1.